The van der Waals surface area contributed by atoms with Crippen molar-refractivity contribution in [3.8, 4) is 0 Å². The molecule has 0 unspecified atom stereocenters. The van der Waals surface area contributed by atoms with Crippen molar-refractivity contribution in [3.63, 3.8) is 0 Å². The standard InChI is InChI=1S/C26H41N3O2S/c1-3-4-5-6-7-8-9-10-11-12-13-17-24(30)29-26(32)28-23-16-14-15-22(20(23)2)27-25(31)21-18-19-21/h14-16,21H,3-13,17-19H2,1-2H3,(H,27,31)(H2,28,29,30,32). The molecule has 1 saturated carbocycles. The van der Waals surface area contributed by atoms with Crippen LogP contribution in [0, 0.1) is 12.8 Å². The summed E-state index contributed by atoms with van der Waals surface area (Å²) in [7, 11) is 0. The van der Waals surface area contributed by atoms with Gasteiger partial charge in [-0.15, -0.1) is 0 Å². The van der Waals surface area contributed by atoms with Gasteiger partial charge in [0.25, 0.3) is 0 Å². The maximum Gasteiger partial charge on any atom is 0.227 e. The first-order valence-electron chi connectivity index (χ1n) is 12.5. The fourth-order valence-corrected chi connectivity index (χ4v) is 4.00. The Morgan fingerprint density at radius 3 is 1.97 bits per heavy atom. The molecule has 0 aliphatic heterocycles. The first-order valence-corrected chi connectivity index (χ1v) is 12.9. The molecule has 0 bridgehead atoms. The maximum atomic E-state index is 12.2. The van der Waals surface area contributed by atoms with E-state index in [9.17, 15) is 9.59 Å². The summed E-state index contributed by atoms with van der Waals surface area (Å²) in [5, 5.41) is 9.14. The van der Waals surface area contributed by atoms with Crippen molar-refractivity contribution in [2.24, 2.45) is 5.92 Å². The zero-order chi connectivity index (χ0) is 23.2. The minimum Gasteiger partial charge on any atom is -0.332 e. The summed E-state index contributed by atoms with van der Waals surface area (Å²) in [6, 6.07) is 5.65. The molecule has 32 heavy (non-hydrogen) atoms. The van der Waals surface area contributed by atoms with Crippen molar-refractivity contribution >= 4 is 40.5 Å². The Bertz CT molecular complexity index is 747. The van der Waals surface area contributed by atoms with Gasteiger partial charge in [0.05, 0.1) is 0 Å². The maximum absolute atomic E-state index is 12.2. The summed E-state index contributed by atoms with van der Waals surface area (Å²) in [6.07, 6.45) is 16.3. The van der Waals surface area contributed by atoms with Crippen molar-refractivity contribution in [2.75, 3.05) is 10.6 Å². The molecule has 0 saturated heterocycles. The van der Waals surface area contributed by atoms with Gasteiger partial charge in [0.2, 0.25) is 11.8 Å². The molecule has 2 rings (SSSR count). The van der Waals surface area contributed by atoms with E-state index in [1.165, 1.54) is 57.8 Å². The second-order valence-corrected chi connectivity index (χ2v) is 9.44. The minimum absolute atomic E-state index is 0.0470. The molecule has 0 atom stereocenters. The van der Waals surface area contributed by atoms with E-state index < -0.39 is 0 Å². The molecular formula is C26H41N3O2S. The Morgan fingerprint density at radius 1 is 0.875 bits per heavy atom. The zero-order valence-electron chi connectivity index (χ0n) is 19.9. The molecule has 1 aliphatic carbocycles. The van der Waals surface area contributed by atoms with Gasteiger partial charge in [-0.1, -0.05) is 77.2 Å². The zero-order valence-corrected chi connectivity index (χ0v) is 20.8. The highest BCUT2D eigenvalue weighted by Crippen LogP contribution is 2.31. The fourth-order valence-electron chi connectivity index (χ4n) is 3.78. The third-order valence-corrected chi connectivity index (χ3v) is 6.25. The van der Waals surface area contributed by atoms with Crippen LogP contribution in [0.2, 0.25) is 0 Å². The SMILES string of the molecule is CCCCCCCCCCCCCC(=O)NC(=S)Nc1cccc(NC(=O)C2CC2)c1C. The lowest BCUT2D eigenvalue weighted by molar-refractivity contribution is -0.120. The number of benzene rings is 1. The van der Waals surface area contributed by atoms with Crippen molar-refractivity contribution in [3.05, 3.63) is 23.8 Å². The summed E-state index contributed by atoms with van der Waals surface area (Å²) in [6.45, 7) is 4.18. The number of nitrogens with one attached hydrogen (secondary N) is 3. The van der Waals surface area contributed by atoms with Crippen LogP contribution in [0.3, 0.4) is 0 Å². The smallest absolute Gasteiger partial charge is 0.227 e. The summed E-state index contributed by atoms with van der Waals surface area (Å²) < 4.78 is 0. The number of carbonyl (C=O) groups excluding carboxylic acids is 2. The van der Waals surface area contributed by atoms with Crippen LogP contribution in [0.25, 0.3) is 0 Å². The van der Waals surface area contributed by atoms with Gasteiger partial charge in [0.15, 0.2) is 5.11 Å². The molecule has 1 aromatic carbocycles. The van der Waals surface area contributed by atoms with Crippen LogP contribution in [-0.4, -0.2) is 16.9 Å². The largest absolute Gasteiger partial charge is 0.332 e. The molecule has 0 spiro atoms. The molecule has 3 N–H and O–H groups in total. The van der Waals surface area contributed by atoms with E-state index in [1.54, 1.807) is 0 Å². The van der Waals surface area contributed by atoms with E-state index in [0.717, 1.165) is 42.6 Å². The van der Waals surface area contributed by atoms with Crippen LogP contribution in [-0.2, 0) is 9.59 Å². The van der Waals surface area contributed by atoms with Gasteiger partial charge in [-0.2, -0.15) is 0 Å². The lowest BCUT2D eigenvalue weighted by atomic mass is 10.1. The van der Waals surface area contributed by atoms with E-state index in [4.69, 9.17) is 12.2 Å². The molecule has 1 aliphatic rings. The number of rotatable bonds is 15. The lowest BCUT2D eigenvalue weighted by Gasteiger charge is -2.15. The number of carbonyl (C=O) groups is 2. The number of hydrogen-bond acceptors (Lipinski definition) is 3. The number of unbranched alkanes of at least 4 members (excludes halogenated alkanes) is 10. The highest BCUT2D eigenvalue weighted by molar-refractivity contribution is 7.80. The van der Waals surface area contributed by atoms with Crippen LogP contribution in [0.4, 0.5) is 11.4 Å². The highest BCUT2D eigenvalue weighted by atomic mass is 32.1. The molecule has 178 valence electrons. The van der Waals surface area contributed by atoms with Gasteiger partial charge in [0, 0.05) is 23.7 Å². The third kappa shape index (κ3) is 10.6. The molecule has 1 aromatic rings. The summed E-state index contributed by atoms with van der Waals surface area (Å²) >= 11 is 5.31. The highest BCUT2D eigenvalue weighted by Gasteiger charge is 2.29. The van der Waals surface area contributed by atoms with Crippen LogP contribution >= 0.6 is 12.2 Å². The van der Waals surface area contributed by atoms with Gasteiger partial charge in [-0.05, 0) is 56.1 Å². The molecule has 2 amide bonds. The molecular weight excluding hydrogens is 418 g/mol. The Morgan fingerprint density at radius 2 is 1.41 bits per heavy atom. The number of thiocarbonyl (C=S) groups is 1. The van der Waals surface area contributed by atoms with E-state index in [1.807, 2.05) is 25.1 Å². The molecule has 1 fully saturated rings. The van der Waals surface area contributed by atoms with E-state index in [-0.39, 0.29) is 17.7 Å². The molecule has 0 heterocycles. The van der Waals surface area contributed by atoms with Crippen LogP contribution < -0.4 is 16.0 Å². The average molecular weight is 460 g/mol. The van der Waals surface area contributed by atoms with Crippen molar-refractivity contribution in [1.82, 2.24) is 5.32 Å². The number of hydrogen-bond donors (Lipinski definition) is 3. The summed E-state index contributed by atoms with van der Waals surface area (Å²) in [5.74, 6) is 0.185. The topological polar surface area (TPSA) is 70.2 Å². The molecule has 0 aromatic heterocycles. The second-order valence-electron chi connectivity index (χ2n) is 9.03. The van der Waals surface area contributed by atoms with E-state index in [0.29, 0.717) is 11.5 Å². The second kappa shape index (κ2) is 15.0. The third-order valence-electron chi connectivity index (χ3n) is 6.05. The normalized spacial score (nSPS) is 12.9. The Labute approximate surface area is 199 Å². The van der Waals surface area contributed by atoms with Gasteiger partial charge in [-0.25, -0.2) is 0 Å². The van der Waals surface area contributed by atoms with Crippen molar-refractivity contribution < 1.29 is 9.59 Å². The molecule has 5 nitrogen and oxygen atoms in total. The van der Waals surface area contributed by atoms with Gasteiger partial charge >= 0.3 is 0 Å². The van der Waals surface area contributed by atoms with E-state index in [2.05, 4.69) is 22.9 Å². The Balaban J connectivity index is 1.57. The monoisotopic (exact) mass is 459 g/mol. The minimum atomic E-state index is -0.0470. The van der Waals surface area contributed by atoms with E-state index >= 15 is 0 Å². The first-order chi connectivity index (χ1) is 15.5. The first kappa shape index (κ1) is 26.3. The number of anilines is 2. The number of amides is 2. The van der Waals surface area contributed by atoms with Crippen LogP contribution in [0.1, 0.15) is 102 Å². The Kier molecular flexibility index (Phi) is 12.3. The predicted octanol–water partition coefficient (Wildman–Crippen LogP) is 6.86. The van der Waals surface area contributed by atoms with Crippen LogP contribution in [0.15, 0.2) is 18.2 Å². The fraction of sp³-hybridized carbons (Fsp3) is 0.654. The lowest BCUT2D eigenvalue weighted by Crippen LogP contribution is -2.34. The Hall–Kier alpha value is -1.95. The van der Waals surface area contributed by atoms with Crippen LogP contribution in [0.5, 0.6) is 0 Å². The van der Waals surface area contributed by atoms with Gasteiger partial charge < -0.3 is 16.0 Å². The van der Waals surface area contributed by atoms with Crippen molar-refractivity contribution in [2.45, 2.75) is 104 Å². The molecule has 6 heteroatoms. The van der Waals surface area contributed by atoms with Gasteiger partial charge in [-0.3, -0.25) is 9.59 Å². The average Bonchev–Trinajstić information content (AvgIpc) is 3.60. The summed E-state index contributed by atoms with van der Waals surface area (Å²) in [5.41, 5.74) is 2.48. The van der Waals surface area contributed by atoms with Crippen molar-refractivity contribution in [1.29, 1.82) is 0 Å². The molecule has 0 radical (unpaired) electrons. The quantitative estimate of drug-likeness (QED) is 0.198. The van der Waals surface area contributed by atoms with Gasteiger partial charge in [0.1, 0.15) is 0 Å². The summed E-state index contributed by atoms with van der Waals surface area (Å²) in [4.78, 5) is 24.2. The predicted molar refractivity (Wildman–Crippen MR) is 138 cm³/mol.